The van der Waals surface area contributed by atoms with Gasteiger partial charge in [-0.2, -0.15) is 11.8 Å². The number of amides is 2. The summed E-state index contributed by atoms with van der Waals surface area (Å²) in [5.74, 6) is -0.664. The fourth-order valence-electron chi connectivity index (χ4n) is 3.43. The minimum atomic E-state index is -0.772. The summed E-state index contributed by atoms with van der Waals surface area (Å²) < 4.78 is 0.202. The molecule has 0 bridgehead atoms. The van der Waals surface area contributed by atoms with Crippen LogP contribution in [0, 0.1) is 5.92 Å². The molecule has 2 rings (SSSR count). The third kappa shape index (κ3) is 4.53. The van der Waals surface area contributed by atoms with E-state index < -0.39 is 5.97 Å². The number of carbonyl (C=O) groups is 2. The fraction of sp³-hybridized carbons (Fsp3) is 0.867. The Labute approximate surface area is 130 Å². The molecule has 5 nitrogen and oxygen atoms in total. The Kier molecular flexibility index (Phi) is 5.79. The van der Waals surface area contributed by atoms with Gasteiger partial charge in [0.25, 0.3) is 0 Å². The first-order valence-electron chi connectivity index (χ1n) is 7.84. The van der Waals surface area contributed by atoms with E-state index in [1.807, 2.05) is 11.8 Å². The number of carbonyl (C=O) groups excluding carboxylic acids is 1. The molecule has 0 spiro atoms. The molecular formula is C15H26N2O3S. The molecule has 2 fully saturated rings. The lowest BCUT2D eigenvalue weighted by molar-refractivity contribution is -0.138. The fourth-order valence-corrected chi connectivity index (χ4v) is 4.34. The van der Waals surface area contributed by atoms with Crippen LogP contribution < -0.4 is 5.32 Å². The largest absolute Gasteiger partial charge is 0.481 e. The van der Waals surface area contributed by atoms with Crippen LogP contribution >= 0.6 is 11.8 Å². The highest BCUT2D eigenvalue weighted by Crippen LogP contribution is 2.38. The maximum absolute atomic E-state index is 12.2. The number of carboxylic acid groups (broad SMARTS) is 1. The third-order valence-electron chi connectivity index (χ3n) is 4.80. The van der Waals surface area contributed by atoms with E-state index in [1.165, 1.54) is 32.1 Å². The molecule has 21 heavy (non-hydrogen) atoms. The first-order valence-corrected chi connectivity index (χ1v) is 9.07. The normalized spacial score (nSPS) is 24.8. The van der Waals surface area contributed by atoms with Gasteiger partial charge in [0.15, 0.2) is 0 Å². The average molecular weight is 314 g/mol. The zero-order valence-electron chi connectivity index (χ0n) is 12.8. The van der Waals surface area contributed by atoms with E-state index in [4.69, 9.17) is 5.11 Å². The summed E-state index contributed by atoms with van der Waals surface area (Å²) in [6.45, 7) is 1.98. The van der Waals surface area contributed by atoms with Gasteiger partial charge < -0.3 is 15.3 Å². The predicted molar refractivity (Wildman–Crippen MR) is 84.7 cm³/mol. The number of carboxylic acids is 1. The van der Waals surface area contributed by atoms with Gasteiger partial charge in [0.1, 0.15) is 0 Å². The average Bonchev–Trinajstić information content (AvgIpc) is 2.93. The lowest BCUT2D eigenvalue weighted by atomic mass is 9.88. The molecule has 2 N–H and O–H groups in total. The third-order valence-corrected chi connectivity index (χ3v) is 6.21. The summed E-state index contributed by atoms with van der Waals surface area (Å²) in [5.41, 5.74) is 0. The van der Waals surface area contributed by atoms with Gasteiger partial charge >= 0.3 is 12.0 Å². The maximum Gasteiger partial charge on any atom is 0.317 e. The van der Waals surface area contributed by atoms with Crippen molar-refractivity contribution < 1.29 is 14.7 Å². The summed E-state index contributed by atoms with van der Waals surface area (Å²) in [6.07, 6.45) is 9.26. The summed E-state index contributed by atoms with van der Waals surface area (Å²) in [5, 5.41) is 11.9. The van der Waals surface area contributed by atoms with Crippen molar-refractivity contribution in [2.75, 3.05) is 25.9 Å². The Bertz CT molecular complexity index is 383. The SMILES string of the molecule is CSC1(CNC(=O)N2CCC(CC(=O)O)C2)CCCCC1. The molecule has 1 atom stereocenters. The molecule has 1 unspecified atom stereocenters. The number of nitrogens with one attached hydrogen (secondary N) is 1. The zero-order valence-corrected chi connectivity index (χ0v) is 13.6. The van der Waals surface area contributed by atoms with Crippen LogP contribution in [0.3, 0.4) is 0 Å². The van der Waals surface area contributed by atoms with Gasteiger partial charge in [-0.1, -0.05) is 19.3 Å². The van der Waals surface area contributed by atoms with E-state index in [1.54, 1.807) is 4.90 Å². The first kappa shape index (κ1) is 16.5. The Morgan fingerprint density at radius 1 is 1.33 bits per heavy atom. The second-order valence-electron chi connectivity index (χ2n) is 6.31. The van der Waals surface area contributed by atoms with Gasteiger partial charge in [-0.3, -0.25) is 4.79 Å². The van der Waals surface area contributed by atoms with Crippen molar-refractivity contribution in [3.63, 3.8) is 0 Å². The van der Waals surface area contributed by atoms with Crippen LogP contribution in [-0.4, -0.2) is 52.6 Å². The van der Waals surface area contributed by atoms with Crippen molar-refractivity contribution >= 4 is 23.8 Å². The summed E-state index contributed by atoms with van der Waals surface area (Å²) >= 11 is 1.88. The highest BCUT2D eigenvalue weighted by atomic mass is 32.2. The molecule has 0 radical (unpaired) electrons. The lowest BCUT2D eigenvalue weighted by Gasteiger charge is -2.36. The Hall–Kier alpha value is -0.910. The zero-order chi connectivity index (χ0) is 15.3. The molecule has 1 saturated heterocycles. The van der Waals surface area contributed by atoms with Crippen molar-refractivity contribution in [1.29, 1.82) is 0 Å². The van der Waals surface area contributed by atoms with Crippen molar-refractivity contribution in [2.45, 2.75) is 49.7 Å². The molecule has 0 aromatic carbocycles. The molecule has 1 aliphatic heterocycles. The quantitative estimate of drug-likeness (QED) is 0.818. The van der Waals surface area contributed by atoms with Crippen LogP contribution in [0.2, 0.25) is 0 Å². The van der Waals surface area contributed by atoms with Gasteiger partial charge in [0, 0.05) is 30.8 Å². The van der Waals surface area contributed by atoms with Crippen LogP contribution in [0.4, 0.5) is 4.79 Å². The monoisotopic (exact) mass is 314 g/mol. The van der Waals surface area contributed by atoms with Crippen molar-refractivity contribution in [3.8, 4) is 0 Å². The lowest BCUT2D eigenvalue weighted by Crippen LogP contribution is -2.46. The molecule has 0 aromatic rings. The minimum Gasteiger partial charge on any atom is -0.481 e. The van der Waals surface area contributed by atoms with E-state index in [0.29, 0.717) is 13.1 Å². The topological polar surface area (TPSA) is 69.6 Å². The highest BCUT2D eigenvalue weighted by molar-refractivity contribution is 8.00. The number of rotatable bonds is 5. The number of thioether (sulfide) groups is 1. The van der Waals surface area contributed by atoms with Crippen LogP contribution in [0.1, 0.15) is 44.9 Å². The van der Waals surface area contributed by atoms with E-state index >= 15 is 0 Å². The van der Waals surface area contributed by atoms with Gasteiger partial charge in [0.05, 0.1) is 0 Å². The van der Waals surface area contributed by atoms with E-state index in [9.17, 15) is 9.59 Å². The molecule has 0 aromatic heterocycles. The number of aliphatic carboxylic acids is 1. The molecule has 1 aliphatic carbocycles. The first-order chi connectivity index (χ1) is 10.0. The van der Waals surface area contributed by atoms with Crippen LogP contribution in [0.25, 0.3) is 0 Å². The smallest absolute Gasteiger partial charge is 0.317 e. The van der Waals surface area contributed by atoms with Crippen LogP contribution in [0.15, 0.2) is 0 Å². The number of hydrogen-bond donors (Lipinski definition) is 2. The Balaban J connectivity index is 1.78. The van der Waals surface area contributed by atoms with Crippen LogP contribution in [0.5, 0.6) is 0 Å². The number of likely N-dealkylation sites (tertiary alicyclic amines) is 1. The van der Waals surface area contributed by atoms with Crippen molar-refractivity contribution in [2.24, 2.45) is 5.92 Å². The summed E-state index contributed by atoms with van der Waals surface area (Å²) in [4.78, 5) is 24.7. The van der Waals surface area contributed by atoms with Crippen molar-refractivity contribution in [1.82, 2.24) is 10.2 Å². The molecule has 120 valence electrons. The second-order valence-corrected chi connectivity index (χ2v) is 7.58. The molecule has 6 heteroatoms. The number of hydrogen-bond acceptors (Lipinski definition) is 3. The standard InChI is InChI=1S/C15H26N2O3S/c1-21-15(6-3-2-4-7-15)11-16-14(20)17-8-5-12(10-17)9-13(18)19/h12H,2-11H2,1H3,(H,16,20)(H,18,19). The highest BCUT2D eigenvalue weighted by Gasteiger charge is 2.33. The van der Waals surface area contributed by atoms with E-state index in [2.05, 4.69) is 11.6 Å². The van der Waals surface area contributed by atoms with E-state index in [-0.39, 0.29) is 23.1 Å². The molecule has 2 amide bonds. The second kappa shape index (κ2) is 7.38. The molecule has 1 heterocycles. The van der Waals surface area contributed by atoms with Gasteiger partial charge in [-0.25, -0.2) is 4.79 Å². The van der Waals surface area contributed by atoms with Crippen molar-refractivity contribution in [3.05, 3.63) is 0 Å². The van der Waals surface area contributed by atoms with Gasteiger partial charge in [-0.05, 0) is 31.4 Å². The summed E-state index contributed by atoms with van der Waals surface area (Å²) in [6, 6.07) is -0.0260. The number of urea groups is 1. The Morgan fingerprint density at radius 2 is 2.05 bits per heavy atom. The predicted octanol–water partition coefficient (Wildman–Crippen LogP) is 2.56. The number of nitrogens with zero attached hydrogens (tertiary/aromatic N) is 1. The maximum atomic E-state index is 12.2. The molecule has 2 aliphatic rings. The van der Waals surface area contributed by atoms with Gasteiger partial charge in [-0.15, -0.1) is 0 Å². The molecular weight excluding hydrogens is 288 g/mol. The minimum absolute atomic E-state index is 0.0260. The van der Waals surface area contributed by atoms with Crippen LogP contribution in [-0.2, 0) is 4.79 Å². The Morgan fingerprint density at radius 3 is 2.67 bits per heavy atom. The summed E-state index contributed by atoms with van der Waals surface area (Å²) in [7, 11) is 0. The molecule has 1 saturated carbocycles. The van der Waals surface area contributed by atoms with E-state index in [0.717, 1.165) is 13.0 Å². The van der Waals surface area contributed by atoms with Gasteiger partial charge in [0.2, 0.25) is 0 Å².